The molecule has 0 aliphatic rings. The second-order valence-electron chi connectivity index (χ2n) is 6.00. The molecular formula is C18H13F3N4OS2. The van der Waals surface area contributed by atoms with Gasteiger partial charge in [-0.15, -0.1) is 10.2 Å². The number of carbonyl (C=O) groups excluding carboxylic acids is 1. The molecule has 0 aliphatic heterocycles. The van der Waals surface area contributed by atoms with E-state index in [4.69, 9.17) is 0 Å². The molecule has 0 fully saturated rings. The first kappa shape index (κ1) is 18.8. The lowest BCUT2D eigenvalue weighted by atomic mass is 10.2. The lowest BCUT2D eigenvalue weighted by Gasteiger charge is -2.13. The number of hydrogen-bond donors (Lipinski definition) is 1. The number of rotatable bonds is 4. The molecule has 4 aromatic rings. The monoisotopic (exact) mass is 422 g/mol. The van der Waals surface area contributed by atoms with E-state index in [2.05, 4.69) is 15.5 Å². The molecule has 0 bridgehead atoms. The van der Waals surface area contributed by atoms with Crippen LogP contribution < -0.4 is 5.32 Å². The third-order valence-electron chi connectivity index (χ3n) is 4.02. The minimum Gasteiger partial charge on any atom is -0.325 e. The van der Waals surface area contributed by atoms with E-state index in [9.17, 15) is 18.0 Å². The van der Waals surface area contributed by atoms with Crippen LogP contribution in [0.2, 0.25) is 0 Å². The Kier molecular flexibility index (Phi) is 4.76. The van der Waals surface area contributed by atoms with Crippen LogP contribution in [0.1, 0.15) is 12.5 Å². The lowest BCUT2D eigenvalue weighted by Crippen LogP contribution is -2.23. The average molecular weight is 422 g/mol. The van der Waals surface area contributed by atoms with Gasteiger partial charge in [0, 0.05) is 5.69 Å². The first-order chi connectivity index (χ1) is 13.3. The fraction of sp³-hybridized carbons (Fsp3) is 0.167. The summed E-state index contributed by atoms with van der Waals surface area (Å²) in [6.45, 7) is 1.67. The van der Waals surface area contributed by atoms with Gasteiger partial charge < -0.3 is 5.32 Å². The Hall–Kier alpha value is -2.59. The number of halogens is 3. The molecule has 0 spiro atoms. The normalized spacial score (nSPS) is 13.1. The van der Waals surface area contributed by atoms with E-state index in [0.29, 0.717) is 10.1 Å². The number of para-hydroxylation sites is 1. The first-order valence-electron chi connectivity index (χ1n) is 8.20. The molecule has 144 valence electrons. The number of anilines is 1. The molecule has 0 saturated heterocycles. The molecule has 0 radical (unpaired) electrons. The van der Waals surface area contributed by atoms with Crippen molar-refractivity contribution < 1.29 is 18.0 Å². The number of thiazole rings is 1. The minimum atomic E-state index is -4.46. The van der Waals surface area contributed by atoms with E-state index < -0.39 is 22.9 Å². The topological polar surface area (TPSA) is 59.3 Å². The molecule has 28 heavy (non-hydrogen) atoms. The maximum absolute atomic E-state index is 12.8. The Labute approximate surface area is 165 Å². The van der Waals surface area contributed by atoms with Crippen LogP contribution in [0.3, 0.4) is 0 Å². The average Bonchev–Trinajstić information content (AvgIpc) is 3.21. The quantitative estimate of drug-likeness (QED) is 0.466. The fourth-order valence-corrected chi connectivity index (χ4v) is 4.54. The second kappa shape index (κ2) is 7.10. The van der Waals surface area contributed by atoms with Crippen molar-refractivity contribution in [3.63, 3.8) is 0 Å². The third kappa shape index (κ3) is 3.57. The van der Waals surface area contributed by atoms with Gasteiger partial charge in [0.05, 0.1) is 21.0 Å². The molecule has 0 saturated carbocycles. The van der Waals surface area contributed by atoms with Crippen molar-refractivity contribution >= 4 is 49.9 Å². The zero-order chi connectivity index (χ0) is 19.9. The summed E-state index contributed by atoms with van der Waals surface area (Å²) >= 11 is 2.69. The number of benzene rings is 2. The Morgan fingerprint density at radius 2 is 1.96 bits per heavy atom. The van der Waals surface area contributed by atoms with Crippen molar-refractivity contribution in [1.29, 1.82) is 0 Å². The van der Waals surface area contributed by atoms with Crippen molar-refractivity contribution in [2.75, 3.05) is 5.32 Å². The van der Waals surface area contributed by atoms with Gasteiger partial charge in [0.2, 0.25) is 10.9 Å². The first-order valence-corrected chi connectivity index (χ1v) is 9.90. The molecule has 2 aromatic heterocycles. The molecule has 1 amide bonds. The predicted molar refractivity (Wildman–Crippen MR) is 104 cm³/mol. The molecule has 2 aromatic carbocycles. The third-order valence-corrected chi connectivity index (χ3v) is 6.07. The summed E-state index contributed by atoms with van der Waals surface area (Å²) in [5, 5.41) is 10.8. The van der Waals surface area contributed by atoms with Crippen molar-refractivity contribution in [1.82, 2.24) is 14.6 Å². The number of hydrogen-bond acceptors (Lipinski definition) is 5. The zero-order valence-corrected chi connectivity index (χ0v) is 16.0. The smallest absolute Gasteiger partial charge is 0.325 e. The molecule has 0 aliphatic carbocycles. The van der Waals surface area contributed by atoms with E-state index in [1.807, 2.05) is 28.7 Å². The Morgan fingerprint density at radius 1 is 1.18 bits per heavy atom. The van der Waals surface area contributed by atoms with Crippen LogP contribution in [0, 0.1) is 0 Å². The van der Waals surface area contributed by atoms with Crippen molar-refractivity contribution in [3.05, 3.63) is 54.1 Å². The van der Waals surface area contributed by atoms with E-state index in [-0.39, 0.29) is 5.69 Å². The highest BCUT2D eigenvalue weighted by Crippen LogP contribution is 2.32. The summed E-state index contributed by atoms with van der Waals surface area (Å²) < 4.78 is 41.4. The van der Waals surface area contributed by atoms with Crippen LogP contribution in [0.4, 0.5) is 18.9 Å². The van der Waals surface area contributed by atoms with Crippen LogP contribution in [0.25, 0.3) is 15.2 Å². The Morgan fingerprint density at radius 3 is 2.75 bits per heavy atom. The van der Waals surface area contributed by atoms with Gasteiger partial charge in [-0.2, -0.15) is 13.2 Å². The summed E-state index contributed by atoms with van der Waals surface area (Å²) in [4.78, 5) is 13.2. The largest absolute Gasteiger partial charge is 0.416 e. The number of aromatic nitrogens is 3. The van der Waals surface area contributed by atoms with Gasteiger partial charge in [0.1, 0.15) is 0 Å². The van der Waals surface area contributed by atoms with Gasteiger partial charge in [0.15, 0.2) is 5.16 Å². The summed E-state index contributed by atoms with van der Waals surface area (Å²) in [7, 11) is 0. The van der Waals surface area contributed by atoms with Gasteiger partial charge in [-0.1, -0.05) is 41.3 Å². The number of fused-ring (bicyclic) bond motifs is 3. The van der Waals surface area contributed by atoms with Gasteiger partial charge in [-0.3, -0.25) is 9.20 Å². The molecule has 1 N–H and O–H groups in total. The van der Waals surface area contributed by atoms with E-state index >= 15 is 0 Å². The Bertz CT molecular complexity index is 1170. The predicted octanol–water partition coefficient (Wildman–Crippen LogP) is 5.08. The fourth-order valence-electron chi connectivity index (χ4n) is 2.66. The number of amides is 1. The number of nitrogens with zero attached hydrogens (tertiary/aromatic N) is 3. The maximum Gasteiger partial charge on any atom is 0.416 e. The van der Waals surface area contributed by atoms with E-state index in [1.165, 1.54) is 35.2 Å². The molecular weight excluding hydrogens is 409 g/mol. The number of thioether (sulfide) groups is 1. The van der Waals surface area contributed by atoms with Gasteiger partial charge in [-0.05, 0) is 37.3 Å². The number of alkyl halides is 3. The second-order valence-corrected chi connectivity index (χ2v) is 8.32. The summed E-state index contributed by atoms with van der Waals surface area (Å²) in [6.07, 6.45) is -4.46. The summed E-state index contributed by atoms with van der Waals surface area (Å²) in [5.74, 6) is -0.416. The van der Waals surface area contributed by atoms with E-state index in [0.717, 1.165) is 22.3 Å². The SMILES string of the molecule is CC(Sc1nnc2sc3ccccc3n12)C(=O)Nc1cccc(C(F)(F)F)c1. The van der Waals surface area contributed by atoms with Crippen molar-refractivity contribution in [2.24, 2.45) is 0 Å². The standard InChI is InChI=1S/C18H13F3N4OS2/c1-10(15(26)22-12-6-4-5-11(9-12)18(19,20)21)27-16-23-24-17-25(16)13-7-2-3-8-14(13)28-17/h2-10H,1H3,(H,22,26). The zero-order valence-electron chi connectivity index (χ0n) is 14.4. The minimum absolute atomic E-state index is 0.0969. The van der Waals surface area contributed by atoms with Gasteiger partial charge in [0.25, 0.3) is 0 Å². The van der Waals surface area contributed by atoms with E-state index in [1.54, 1.807) is 6.92 Å². The molecule has 5 nitrogen and oxygen atoms in total. The highest BCUT2D eigenvalue weighted by Gasteiger charge is 2.30. The van der Waals surface area contributed by atoms with Gasteiger partial charge >= 0.3 is 6.18 Å². The lowest BCUT2D eigenvalue weighted by molar-refractivity contribution is -0.137. The Balaban J connectivity index is 1.53. The van der Waals surface area contributed by atoms with Gasteiger partial charge in [-0.25, -0.2) is 0 Å². The summed E-state index contributed by atoms with van der Waals surface area (Å²) in [6, 6.07) is 12.3. The highest BCUT2D eigenvalue weighted by atomic mass is 32.2. The molecule has 4 rings (SSSR count). The van der Waals surface area contributed by atoms with Crippen LogP contribution in [-0.4, -0.2) is 25.8 Å². The highest BCUT2D eigenvalue weighted by molar-refractivity contribution is 8.00. The van der Waals surface area contributed by atoms with Crippen LogP contribution in [-0.2, 0) is 11.0 Å². The maximum atomic E-state index is 12.8. The van der Waals surface area contributed by atoms with Crippen LogP contribution >= 0.6 is 23.1 Å². The molecule has 2 heterocycles. The van der Waals surface area contributed by atoms with Crippen LogP contribution in [0.5, 0.6) is 0 Å². The number of carbonyl (C=O) groups is 1. The number of nitrogens with one attached hydrogen (secondary N) is 1. The molecule has 10 heteroatoms. The molecule has 1 unspecified atom stereocenters. The van der Waals surface area contributed by atoms with Crippen LogP contribution in [0.15, 0.2) is 53.7 Å². The molecule has 1 atom stereocenters. The van der Waals surface area contributed by atoms with Crippen molar-refractivity contribution in [2.45, 2.75) is 23.5 Å². The van der Waals surface area contributed by atoms with Crippen molar-refractivity contribution in [3.8, 4) is 0 Å². The summed E-state index contributed by atoms with van der Waals surface area (Å²) in [5.41, 5.74) is 0.231.